The van der Waals surface area contributed by atoms with Gasteiger partial charge in [-0.05, 0) is 35.7 Å². The van der Waals surface area contributed by atoms with Crippen LogP contribution in [0.2, 0.25) is 0 Å². The van der Waals surface area contributed by atoms with Crippen LogP contribution in [0.5, 0.6) is 5.75 Å². The maximum absolute atomic E-state index is 13.6. The fraction of sp³-hybridized carbons (Fsp3) is 0.143. The molecule has 0 amide bonds. The van der Waals surface area contributed by atoms with Gasteiger partial charge < -0.3 is 5.11 Å². The highest BCUT2D eigenvalue weighted by molar-refractivity contribution is 5.92. The molecule has 0 saturated heterocycles. The van der Waals surface area contributed by atoms with Gasteiger partial charge in [0.1, 0.15) is 5.75 Å². The lowest BCUT2D eigenvalue weighted by atomic mass is 9.95. The van der Waals surface area contributed by atoms with Crippen molar-refractivity contribution in [2.75, 3.05) is 0 Å². The van der Waals surface area contributed by atoms with Crippen molar-refractivity contribution < 1.29 is 13.9 Å². The molecule has 5 rings (SSSR count). The van der Waals surface area contributed by atoms with E-state index in [0.29, 0.717) is 5.52 Å². The molecule has 0 atom stereocenters. The fourth-order valence-corrected chi connectivity index (χ4v) is 4.18. The predicted octanol–water partition coefficient (Wildman–Crippen LogP) is 6.00. The fourth-order valence-electron chi connectivity index (χ4n) is 4.18. The Morgan fingerprint density at radius 2 is 1.54 bits per heavy atom. The van der Waals surface area contributed by atoms with Crippen molar-refractivity contribution in [1.29, 1.82) is 0 Å². The van der Waals surface area contributed by atoms with E-state index in [-0.39, 0.29) is 23.5 Å². The molecule has 0 aliphatic carbocycles. The van der Waals surface area contributed by atoms with Crippen LogP contribution in [-0.2, 0) is 12.5 Å². The van der Waals surface area contributed by atoms with E-state index in [1.807, 2.05) is 31.2 Å². The number of aromatic hydroxyl groups is 1. The van der Waals surface area contributed by atoms with Crippen molar-refractivity contribution in [3.8, 4) is 28.0 Å². The zero-order valence-corrected chi connectivity index (χ0v) is 19.2. The zero-order valence-electron chi connectivity index (χ0n) is 19.2. The Balaban J connectivity index is 1.66. The number of phenols is 1. The Morgan fingerprint density at radius 1 is 0.914 bits per heavy atom. The number of benzene rings is 3. The summed E-state index contributed by atoms with van der Waals surface area (Å²) in [7, 11) is 0. The first-order valence-electron chi connectivity index (χ1n) is 11.2. The van der Waals surface area contributed by atoms with Crippen LogP contribution < -0.4 is 5.69 Å². The van der Waals surface area contributed by atoms with Gasteiger partial charge >= 0.3 is 5.69 Å². The summed E-state index contributed by atoms with van der Waals surface area (Å²) in [5.74, 6) is -2.78. The second-order valence-corrected chi connectivity index (χ2v) is 8.77. The average molecular weight is 472 g/mol. The lowest BCUT2D eigenvalue weighted by Crippen LogP contribution is -2.22. The molecule has 35 heavy (non-hydrogen) atoms. The molecule has 0 spiro atoms. The first kappa shape index (κ1) is 22.5. The van der Waals surface area contributed by atoms with Crippen LogP contribution in [0.4, 0.5) is 8.78 Å². The number of hydrogen-bond acceptors (Lipinski definition) is 3. The van der Waals surface area contributed by atoms with Crippen molar-refractivity contribution >= 4 is 5.52 Å². The highest BCUT2D eigenvalue weighted by Gasteiger charge is 2.24. The Hall–Kier alpha value is -4.26. The predicted molar refractivity (Wildman–Crippen MR) is 132 cm³/mol. The van der Waals surface area contributed by atoms with E-state index in [2.05, 4.69) is 5.10 Å². The number of rotatable bonds is 5. The van der Waals surface area contributed by atoms with Gasteiger partial charge in [-0.15, -0.1) is 0 Å². The molecule has 5 nitrogen and oxygen atoms in total. The number of imidazole rings is 1. The van der Waals surface area contributed by atoms with Crippen molar-refractivity contribution in [2.45, 2.75) is 26.3 Å². The lowest BCUT2D eigenvalue weighted by molar-refractivity contribution is 0.0174. The maximum Gasteiger partial charge on any atom is 0.349 e. The number of fused-ring (bicyclic) bond motifs is 1. The standard InChI is InChI=1S/C28H23F2N3O2/c1-18-3-7-20(8-4-18)24-15-31-33-25(26(24)21-9-13-23(34)14-10-21)17-32(27(33)35)16-19-5-11-22(12-6-19)28(2,29)30/h3-15,17,34H,16H2,1-2H3. The second kappa shape index (κ2) is 8.51. The van der Waals surface area contributed by atoms with E-state index in [1.165, 1.54) is 21.2 Å². The third kappa shape index (κ3) is 4.33. The largest absolute Gasteiger partial charge is 0.508 e. The molecular formula is C28H23F2N3O2. The van der Waals surface area contributed by atoms with Crippen LogP contribution in [0.25, 0.3) is 27.8 Å². The summed E-state index contributed by atoms with van der Waals surface area (Å²) < 4.78 is 30.0. The van der Waals surface area contributed by atoms with Gasteiger partial charge in [-0.3, -0.25) is 4.57 Å². The van der Waals surface area contributed by atoms with Gasteiger partial charge in [0, 0.05) is 29.8 Å². The summed E-state index contributed by atoms with van der Waals surface area (Å²) in [6.07, 6.45) is 3.40. The minimum atomic E-state index is -2.92. The van der Waals surface area contributed by atoms with Gasteiger partial charge in [0.05, 0.1) is 18.3 Å². The molecule has 3 aromatic carbocycles. The summed E-state index contributed by atoms with van der Waals surface area (Å²) in [5.41, 5.74) is 5.48. The molecule has 1 N–H and O–H groups in total. The molecule has 2 heterocycles. The number of halogens is 2. The smallest absolute Gasteiger partial charge is 0.349 e. The van der Waals surface area contributed by atoms with Gasteiger partial charge in [-0.2, -0.15) is 9.61 Å². The van der Waals surface area contributed by atoms with Gasteiger partial charge in [0.25, 0.3) is 5.92 Å². The molecule has 5 aromatic rings. The number of aromatic nitrogens is 3. The number of alkyl halides is 2. The minimum absolute atomic E-state index is 0.0744. The van der Waals surface area contributed by atoms with E-state index in [1.54, 1.807) is 48.8 Å². The molecule has 176 valence electrons. The van der Waals surface area contributed by atoms with Crippen LogP contribution in [0.15, 0.2) is 90.0 Å². The van der Waals surface area contributed by atoms with Gasteiger partial charge in [-0.25, -0.2) is 13.6 Å². The van der Waals surface area contributed by atoms with Crippen molar-refractivity contribution in [1.82, 2.24) is 14.2 Å². The monoisotopic (exact) mass is 471 g/mol. The molecule has 0 fully saturated rings. The Kier molecular flexibility index (Phi) is 5.47. The number of hydrogen-bond donors (Lipinski definition) is 1. The molecular weight excluding hydrogens is 448 g/mol. The van der Waals surface area contributed by atoms with Crippen LogP contribution in [0.1, 0.15) is 23.6 Å². The lowest BCUT2D eigenvalue weighted by Gasteiger charge is -2.12. The molecule has 0 saturated carbocycles. The van der Waals surface area contributed by atoms with Crippen molar-refractivity contribution in [3.63, 3.8) is 0 Å². The topological polar surface area (TPSA) is 59.5 Å². The van der Waals surface area contributed by atoms with E-state index < -0.39 is 5.92 Å². The molecule has 0 bridgehead atoms. The summed E-state index contributed by atoms with van der Waals surface area (Å²) >= 11 is 0. The van der Waals surface area contributed by atoms with Crippen LogP contribution in [0, 0.1) is 6.92 Å². The number of phenolic OH excluding ortho intramolecular Hbond substituents is 1. The average Bonchev–Trinajstić information content (AvgIpc) is 3.14. The first-order valence-corrected chi connectivity index (χ1v) is 11.2. The Bertz CT molecular complexity index is 1560. The van der Waals surface area contributed by atoms with Crippen LogP contribution in [0.3, 0.4) is 0 Å². The van der Waals surface area contributed by atoms with Gasteiger partial charge in [0.15, 0.2) is 0 Å². The maximum atomic E-state index is 13.6. The van der Waals surface area contributed by atoms with Crippen LogP contribution in [-0.4, -0.2) is 19.3 Å². The highest BCUT2D eigenvalue weighted by atomic mass is 19.3. The number of nitrogens with zero attached hydrogens (tertiary/aromatic N) is 3. The third-order valence-corrected chi connectivity index (χ3v) is 6.09. The normalized spacial score (nSPS) is 11.8. The summed E-state index contributed by atoms with van der Waals surface area (Å²) in [6, 6.07) is 20.8. The van der Waals surface area contributed by atoms with Gasteiger partial charge in [0.2, 0.25) is 0 Å². The Labute approximate surface area is 200 Å². The minimum Gasteiger partial charge on any atom is -0.508 e. The van der Waals surface area contributed by atoms with Crippen molar-refractivity contribution in [3.05, 3.63) is 112 Å². The van der Waals surface area contributed by atoms with E-state index in [9.17, 15) is 18.7 Å². The van der Waals surface area contributed by atoms with Crippen molar-refractivity contribution in [2.24, 2.45) is 0 Å². The van der Waals surface area contributed by atoms with E-state index in [0.717, 1.165) is 40.3 Å². The highest BCUT2D eigenvalue weighted by Crippen LogP contribution is 2.35. The summed E-state index contributed by atoms with van der Waals surface area (Å²) in [4.78, 5) is 13.2. The molecule has 0 aliphatic heterocycles. The quantitative estimate of drug-likeness (QED) is 0.342. The summed E-state index contributed by atoms with van der Waals surface area (Å²) in [5, 5.41) is 14.2. The van der Waals surface area contributed by atoms with Crippen LogP contribution >= 0.6 is 0 Å². The molecule has 0 radical (unpaired) electrons. The molecule has 7 heteroatoms. The zero-order chi connectivity index (χ0) is 24.7. The molecule has 0 aliphatic rings. The Morgan fingerprint density at radius 3 is 2.17 bits per heavy atom. The van der Waals surface area contributed by atoms with E-state index >= 15 is 0 Å². The second-order valence-electron chi connectivity index (χ2n) is 8.77. The molecule has 0 unspecified atom stereocenters. The molecule has 2 aromatic heterocycles. The first-order chi connectivity index (χ1) is 16.7. The summed E-state index contributed by atoms with van der Waals surface area (Å²) in [6.45, 7) is 3.09. The third-order valence-electron chi connectivity index (χ3n) is 6.09. The SMILES string of the molecule is Cc1ccc(-c2cnn3c(=O)n(Cc4ccc(C(C)(F)F)cc4)cc3c2-c2ccc(O)cc2)cc1. The number of aryl methyl sites for hydroxylation is 1. The van der Waals surface area contributed by atoms with Gasteiger partial charge in [-0.1, -0.05) is 66.2 Å². The van der Waals surface area contributed by atoms with E-state index in [4.69, 9.17) is 0 Å².